The van der Waals surface area contributed by atoms with Gasteiger partial charge < -0.3 is 10.5 Å². The molecule has 0 bridgehead atoms. The van der Waals surface area contributed by atoms with E-state index in [1.807, 2.05) is 12.2 Å². The Balaban J connectivity index is 3.79. The first kappa shape index (κ1) is 10.4. The van der Waals surface area contributed by atoms with Crippen LogP contribution >= 0.6 is 0 Å². The Morgan fingerprint density at radius 1 is 1.55 bits per heavy atom. The quantitative estimate of drug-likeness (QED) is 0.610. The van der Waals surface area contributed by atoms with E-state index in [0.717, 1.165) is 12.0 Å². The van der Waals surface area contributed by atoms with Crippen molar-refractivity contribution in [1.82, 2.24) is 0 Å². The van der Waals surface area contributed by atoms with Gasteiger partial charge in [-0.3, -0.25) is 0 Å². The van der Waals surface area contributed by atoms with Crippen LogP contribution in [0, 0.1) is 0 Å². The number of nitrogens with two attached hydrogens (primary N) is 1. The molecule has 0 rings (SSSR count). The van der Waals surface area contributed by atoms with Gasteiger partial charge in [-0.15, -0.1) is 0 Å². The molecule has 0 amide bonds. The highest BCUT2D eigenvalue weighted by molar-refractivity contribution is 5.13. The van der Waals surface area contributed by atoms with Crippen molar-refractivity contribution in [2.24, 2.45) is 5.73 Å². The van der Waals surface area contributed by atoms with E-state index in [2.05, 4.69) is 13.0 Å². The van der Waals surface area contributed by atoms with Crippen LogP contribution in [0.2, 0.25) is 0 Å². The first-order chi connectivity index (χ1) is 5.35. The molecule has 0 aliphatic carbocycles. The molecule has 0 aliphatic rings. The monoisotopic (exact) mass is 155 g/mol. The second-order valence-electron chi connectivity index (χ2n) is 2.30. The average Bonchev–Trinajstić information content (AvgIpc) is 2.03. The minimum atomic E-state index is 0.571. The van der Waals surface area contributed by atoms with Gasteiger partial charge >= 0.3 is 0 Å². The maximum atomic E-state index is 5.46. The predicted molar refractivity (Wildman–Crippen MR) is 48.4 cm³/mol. The number of ether oxygens (including phenoxy) is 1. The molecule has 64 valence electrons. The molecule has 0 aliphatic heterocycles. The Labute approximate surface area is 68.7 Å². The lowest BCUT2D eigenvalue weighted by Crippen LogP contribution is -2.07. The molecule has 0 atom stereocenters. The Kier molecular flexibility index (Phi) is 7.10. The molecule has 0 saturated carbocycles. The second-order valence-corrected chi connectivity index (χ2v) is 2.30. The smallest absolute Gasteiger partial charge is 0.0688 e. The minimum absolute atomic E-state index is 0.571. The first-order valence-electron chi connectivity index (χ1n) is 3.88. The summed E-state index contributed by atoms with van der Waals surface area (Å²) >= 11 is 0. The standard InChI is InChI=1S/C9H17NO/c1-3-4-5-6-9(7-10)8-11-2/h4-6H,3,7-8,10H2,1-2H3/b5-4-,9-6-. The van der Waals surface area contributed by atoms with Gasteiger partial charge in [0.15, 0.2) is 0 Å². The lowest BCUT2D eigenvalue weighted by atomic mass is 10.2. The Hall–Kier alpha value is -0.600. The maximum absolute atomic E-state index is 5.46. The number of allylic oxidation sites excluding steroid dienone is 3. The van der Waals surface area contributed by atoms with Crippen LogP contribution in [-0.2, 0) is 4.74 Å². The zero-order valence-corrected chi connectivity index (χ0v) is 7.34. The topological polar surface area (TPSA) is 35.2 Å². The molecule has 0 radical (unpaired) electrons. The highest BCUT2D eigenvalue weighted by Gasteiger charge is 1.88. The molecular formula is C9H17NO. The number of rotatable bonds is 5. The molecule has 0 fully saturated rings. The van der Waals surface area contributed by atoms with Gasteiger partial charge in [-0.2, -0.15) is 0 Å². The number of hydrogen-bond donors (Lipinski definition) is 1. The lowest BCUT2D eigenvalue weighted by Gasteiger charge is -1.99. The summed E-state index contributed by atoms with van der Waals surface area (Å²) in [6.07, 6.45) is 7.17. The van der Waals surface area contributed by atoms with Gasteiger partial charge in [0, 0.05) is 13.7 Å². The fraction of sp³-hybridized carbons (Fsp3) is 0.556. The maximum Gasteiger partial charge on any atom is 0.0688 e. The van der Waals surface area contributed by atoms with Crippen LogP contribution in [0.25, 0.3) is 0 Å². The highest BCUT2D eigenvalue weighted by atomic mass is 16.5. The Bertz CT molecular complexity index is 138. The van der Waals surface area contributed by atoms with Crippen LogP contribution in [0.4, 0.5) is 0 Å². The predicted octanol–water partition coefficient (Wildman–Crippen LogP) is 1.48. The molecule has 0 unspecified atom stereocenters. The van der Waals surface area contributed by atoms with Crippen molar-refractivity contribution in [3.8, 4) is 0 Å². The first-order valence-corrected chi connectivity index (χ1v) is 3.88. The van der Waals surface area contributed by atoms with Gasteiger partial charge in [0.25, 0.3) is 0 Å². The third kappa shape index (κ3) is 5.83. The highest BCUT2D eigenvalue weighted by Crippen LogP contribution is 1.93. The molecule has 0 saturated heterocycles. The SMILES string of the molecule is CC/C=C\C=C(\CN)COC. The van der Waals surface area contributed by atoms with Crippen LogP contribution < -0.4 is 5.73 Å². The summed E-state index contributed by atoms with van der Waals surface area (Å²) in [4.78, 5) is 0. The molecule has 0 aromatic rings. The molecule has 0 aromatic heterocycles. The van der Waals surface area contributed by atoms with Gasteiger partial charge in [0.2, 0.25) is 0 Å². The van der Waals surface area contributed by atoms with Crippen molar-refractivity contribution >= 4 is 0 Å². The van der Waals surface area contributed by atoms with E-state index in [1.165, 1.54) is 0 Å². The summed E-state index contributed by atoms with van der Waals surface area (Å²) < 4.78 is 4.94. The van der Waals surface area contributed by atoms with Gasteiger partial charge in [-0.25, -0.2) is 0 Å². The Morgan fingerprint density at radius 2 is 2.27 bits per heavy atom. The van der Waals surface area contributed by atoms with Gasteiger partial charge in [0.1, 0.15) is 0 Å². The third-order valence-electron chi connectivity index (χ3n) is 1.30. The van der Waals surface area contributed by atoms with Crippen molar-refractivity contribution in [1.29, 1.82) is 0 Å². The summed E-state index contributed by atoms with van der Waals surface area (Å²) in [6.45, 7) is 3.30. The minimum Gasteiger partial charge on any atom is -0.380 e. The van der Waals surface area contributed by atoms with Crippen LogP contribution in [0.3, 0.4) is 0 Å². The third-order valence-corrected chi connectivity index (χ3v) is 1.30. The van der Waals surface area contributed by atoms with Crippen molar-refractivity contribution in [2.45, 2.75) is 13.3 Å². The molecule has 0 aromatic carbocycles. The summed E-state index contributed by atoms with van der Waals surface area (Å²) in [5.74, 6) is 0. The van der Waals surface area contributed by atoms with E-state index in [0.29, 0.717) is 13.2 Å². The van der Waals surface area contributed by atoms with E-state index >= 15 is 0 Å². The largest absolute Gasteiger partial charge is 0.380 e. The molecule has 0 heterocycles. The van der Waals surface area contributed by atoms with Crippen molar-refractivity contribution < 1.29 is 4.74 Å². The molecular weight excluding hydrogens is 138 g/mol. The van der Waals surface area contributed by atoms with Crippen molar-refractivity contribution in [2.75, 3.05) is 20.3 Å². The van der Waals surface area contributed by atoms with E-state index in [1.54, 1.807) is 7.11 Å². The van der Waals surface area contributed by atoms with Crippen molar-refractivity contribution in [3.63, 3.8) is 0 Å². The molecule has 0 spiro atoms. The van der Waals surface area contributed by atoms with Crippen LogP contribution in [0.15, 0.2) is 23.8 Å². The molecule has 2 N–H and O–H groups in total. The van der Waals surface area contributed by atoms with Crippen molar-refractivity contribution in [3.05, 3.63) is 23.8 Å². The van der Waals surface area contributed by atoms with E-state index in [9.17, 15) is 0 Å². The average molecular weight is 155 g/mol. The lowest BCUT2D eigenvalue weighted by molar-refractivity contribution is 0.225. The molecule has 11 heavy (non-hydrogen) atoms. The van der Waals surface area contributed by atoms with Gasteiger partial charge in [-0.1, -0.05) is 25.2 Å². The second kappa shape index (κ2) is 7.51. The molecule has 2 heteroatoms. The van der Waals surface area contributed by atoms with Crippen LogP contribution in [-0.4, -0.2) is 20.3 Å². The summed E-state index contributed by atoms with van der Waals surface area (Å²) in [7, 11) is 1.67. The number of hydrogen-bond acceptors (Lipinski definition) is 2. The summed E-state index contributed by atoms with van der Waals surface area (Å²) in [6, 6.07) is 0. The van der Waals surface area contributed by atoms with E-state index < -0.39 is 0 Å². The zero-order chi connectivity index (χ0) is 8.53. The number of methoxy groups -OCH3 is 1. The summed E-state index contributed by atoms with van der Waals surface area (Å²) in [5, 5.41) is 0. The van der Waals surface area contributed by atoms with Gasteiger partial charge in [-0.05, 0) is 12.0 Å². The normalized spacial score (nSPS) is 12.8. The molecule has 2 nitrogen and oxygen atoms in total. The summed E-state index contributed by atoms with van der Waals surface area (Å²) in [5.41, 5.74) is 6.58. The van der Waals surface area contributed by atoms with Crippen LogP contribution in [0.1, 0.15) is 13.3 Å². The van der Waals surface area contributed by atoms with E-state index in [4.69, 9.17) is 10.5 Å². The fourth-order valence-electron chi connectivity index (χ4n) is 0.701. The zero-order valence-electron chi connectivity index (χ0n) is 7.34. The van der Waals surface area contributed by atoms with Gasteiger partial charge in [0.05, 0.1) is 6.61 Å². The van der Waals surface area contributed by atoms with Crippen LogP contribution in [0.5, 0.6) is 0 Å². The fourth-order valence-corrected chi connectivity index (χ4v) is 0.701. The Morgan fingerprint density at radius 3 is 2.73 bits per heavy atom. The van der Waals surface area contributed by atoms with E-state index in [-0.39, 0.29) is 0 Å².